The van der Waals surface area contributed by atoms with E-state index in [9.17, 15) is 14.0 Å². The smallest absolute Gasteiger partial charge is 0.341 e. The van der Waals surface area contributed by atoms with Crippen LogP contribution in [0.1, 0.15) is 10.4 Å². The summed E-state index contributed by atoms with van der Waals surface area (Å²) >= 11 is 1.37. The first-order valence-electron chi connectivity index (χ1n) is 8.62. The van der Waals surface area contributed by atoms with Gasteiger partial charge in [-0.3, -0.25) is 4.79 Å². The van der Waals surface area contributed by atoms with Gasteiger partial charge in [0.15, 0.2) is 6.73 Å². The van der Waals surface area contributed by atoms with Gasteiger partial charge in [0.2, 0.25) is 0 Å². The van der Waals surface area contributed by atoms with Gasteiger partial charge in [-0.1, -0.05) is 35.5 Å². The Morgan fingerprint density at radius 3 is 2.66 bits per heavy atom. The van der Waals surface area contributed by atoms with Crippen LogP contribution in [0.25, 0.3) is 22.6 Å². The molecule has 0 aliphatic heterocycles. The number of nitrogens with zero attached hydrogens (tertiary/aromatic N) is 3. The Kier molecular flexibility index (Phi) is 5.26. The number of fused-ring (bicyclic) bond motifs is 1. The lowest BCUT2D eigenvalue weighted by Gasteiger charge is -2.09. The summed E-state index contributed by atoms with van der Waals surface area (Å²) in [4.78, 5) is 25.9. The molecule has 0 N–H and O–H groups in total. The quantitative estimate of drug-likeness (QED) is 0.372. The molecular formula is C21H14FN3O3S. The highest BCUT2D eigenvalue weighted by Gasteiger charge is 2.16. The topological polar surface area (TPSA) is 74.1 Å². The molecule has 0 spiro atoms. The Bertz CT molecular complexity index is 1250. The Labute approximate surface area is 168 Å². The lowest BCUT2D eigenvalue weighted by atomic mass is 10.1. The molecule has 0 radical (unpaired) electrons. The second-order valence-electron chi connectivity index (χ2n) is 6.06. The molecule has 8 heteroatoms. The molecule has 6 nitrogen and oxygen atoms in total. The van der Waals surface area contributed by atoms with Crippen LogP contribution in [0.4, 0.5) is 4.39 Å². The predicted octanol–water partition coefficient (Wildman–Crippen LogP) is 3.73. The predicted molar refractivity (Wildman–Crippen MR) is 108 cm³/mol. The maximum atomic E-state index is 13.2. The van der Waals surface area contributed by atoms with Gasteiger partial charge in [-0.15, -0.1) is 16.4 Å². The van der Waals surface area contributed by atoms with E-state index in [0.717, 1.165) is 4.68 Å². The zero-order valence-corrected chi connectivity index (χ0v) is 15.8. The van der Waals surface area contributed by atoms with Crippen LogP contribution in [0.15, 0.2) is 70.8 Å². The summed E-state index contributed by atoms with van der Waals surface area (Å²) < 4.78 is 19.5. The van der Waals surface area contributed by atoms with Gasteiger partial charge < -0.3 is 4.74 Å². The number of esters is 1. The first-order chi connectivity index (χ1) is 14.1. The summed E-state index contributed by atoms with van der Waals surface area (Å²) in [5.74, 6) is -0.990. The largest absolute Gasteiger partial charge is 0.439 e. The van der Waals surface area contributed by atoms with Crippen molar-refractivity contribution in [2.24, 2.45) is 0 Å². The van der Waals surface area contributed by atoms with Crippen molar-refractivity contribution in [1.82, 2.24) is 15.0 Å². The SMILES string of the molecule is O=C(OCn1nnc2ccccc2c1=O)/C(=C/c1ccc(F)cc1)c1cccs1. The fourth-order valence-corrected chi connectivity index (χ4v) is 3.42. The number of rotatable bonds is 5. The van der Waals surface area contributed by atoms with Crippen molar-refractivity contribution in [2.45, 2.75) is 6.73 Å². The van der Waals surface area contributed by atoms with Crippen molar-refractivity contribution in [3.05, 3.63) is 92.7 Å². The molecule has 2 aromatic carbocycles. The summed E-state index contributed by atoms with van der Waals surface area (Å²) in [5, 5.41) is 10.00. The van der Waals surface area contributed by atoms with E-state index in [2.05, 4.69) is 10.3 Å². The van der Waals surface area contributed by atoms with E-state index in [0.29, 0.717) is 26.9 Å². The zero-order chi connectivity index (χ0) is 20.2. The monoisotopic (exact) mass is 407 g/mol. The summed E-state index contributed by atoms with van der Waals surface area (Å²) in [6.07, 6.45) is 1.61. The van der Waals surface area contributed by atoms with Gasteiger partial charge in [0.25, 0.3) is 5.56 Å². The van der Waals surface area contributed by atoms with Crippen LogP contribution < -0.4 is 5.56 Å². The van der Waals surface area contributed by atoms with Crippen LogP contribution in [-0.2, 0) is 16.3 Å². The Morgan fingerprint density at radius 2 is 1.90 bits per heavy atom. The molecule has 0 amide bonds. The molecule has 0 aliphatic carbocycles. The van der Waals surface area contributed by atoms with Gasteiger partial charge in [0, 0.05) is 4.88 Å². The summed E-state index contributed by atoms with van der Waals surface area (Å²) in [7, 11) is 0. The van der Waals surface area contributed by atoms with E-state index in [1.165, 1.54) is 23.5 Å². The fraction of sp³-hybridized carbons (Fsp3) is 0.0476. The zero-order valence-electron chi connectivity index (χ0n) is 15.0. The lowest BCUT2D eigenvalue weighted by molar-refractivity contribution is -0.140. The average molecular weight is 407 g/mol. The second-order valence-corrected chi connectivity index (χ2v) is 7.01. The van der Waals surface area contributed by atoms with Crippen molar-refractivity contribution in [3.8, 4) is 0 Å². The number of carbonyl (C=O) groups is 1. The molecule has 0 saturated heterocycles. The molecule has 0 saturated carbocycles. The van der Waals surface area contributed by atoms with E-state index >= 15 is 0 Å². The highest BCUT2D eigenvalue weighted by molar-refractivity contribution is 7.11. The number of benzene rings is 2. The molecule has 0 aliphatic rings. The van der Waals surface area contributed by atoms with Crippen LogP contribution >= 0.6 is 11.3 Å². The minimum Gasteiger partial charge on any atom is -0.439 e. The summed E-state index contributed by atoms with van der Waals surface area (Å²) in [5.41, 5.74) is 1.02. The van der Waals surface area contributed by atoms with E-state index < -0.39 is 11.5 Å². The lowest BCUT2D eigenvalue weighted by Crippen LogP contribution is -2.26. The molecular weight excluding hydrogens is 393 g/mol. The van der Waals surface area contributed by atoms with Gasteiger partial charge in [-0.2, -0.15) is 4.68 Å². The van der Waals surface area contributed by atoms with E-state index in [1.807, 2.05) is 11.4 Å². The third kappa shape index (κ3) is 4.12. The first-order valence-corrected chi connectivity index (χ1v) is 9.50. The highest BCUT2D eigenvalue weighted by Crippen LogP contribution is 2.24. The molecule has 2 heterocycles. The van der Waals surface area contributed by atoms with Crippen LogP contribution in [0, 0.1) is 5.82 Å². The van der Waals surface area contributed by atoms with Crippen LogP contribution in [0.3, 0.4) is 0 Å². The molecule has 144 valence electrons. The van der Waals surface area contributed by atoms with Gasteiger partial charge in [-0.05, 0) is 47.4 Å². The number of aromatic nitrogens is 3. The molecule has 0 unspecified atom stereocenters. The number of hydrogen-bond acceptors (Lipinski definition) is 6. The summed E-state index contributed by atoms with van der Waals surface area (Å²) in [6, 6.07) is 16.1. The van der Waals surface area contributed by atoms with Crippen molar-refractivity contribution >= 4 is 39.9 Å². The van der Waals surface area contributed by atoms with Crippen molar-refractivity contribution in [2.75, 3.05) is 0 Å². The molecule has 0 bridgehead atoms. The van der Waals surface area contributed by atoms with Crippen molar-refractivity contribution in [1.29, 1.82) is 0 Å². The highest BCUT2D eigenvalue weighted by atomic mass is 32.1. The third-order valence-electron chi connectivity index (χ3n) is 4.13. The molecule has 0 fully saturated rings. The molecule has 4 aromatic rings. The normalized spacial score (nSPS) is 11.6. The fourth-order valence-electron chi connectivity index (χ4n) is 2.69. The summed E-state index contributed by atoms with van der Waals surface area (Å²) in [6.45, 7) is -0.373. The van der Waals surface area contributed by atoms with E-state index in [4.69, 9.17) is 4.74 Å². The van der Waals surface area contributed by atoms with Crippen LogP contribution in [-0.4, -0.2) is 21.0 Å². The van der Waals surface area contributed by atoms with Crippen molar-refractivity contribution < 1.29 is 13.9 Å². The number of thiophene rings is 1. The standard InChI is InChI=1S/C21H14FN3O3S/c22-15-9-7-14(8-10-15)12-17(19-6-3-11-29-19)21(27)28-13-25-20(26)16-4-1-2-5-18(16)23-24-25/h1-12H,13H2/b17-12+. The minimum absolute atomic E-state index is 0.299. The number of carbonyl (C=O) groups excluding carboxylic acids is 1. The maximum Gasteiger partial charge on any atom is 0.341 e. The van der Waals surface area contributed by atoms with Crippen LogP contribution in [0.5, 0.6) is 0 Å². The van der Waals surface area contributed by atoms with Crippen molar-refractivity contribution in [3.63, 3.8) is 0 Å². The molecule has 29 heavy (non-hydrogen) atoms. The van der Waals surface area contributed by atoms with Gasteiger partial charge in [0.1, 0.15) is 11.3 Å². The van der Waals surface area contributed by atoms with E-state index in [1.54, 1.807) is 48.5 Å². The second kappa shape index (κ2) is 8.15. The molecule has 0 atom stereocenters. The van der Waals surface area contributed by atoms with E-state index in [-0.39, 0.29) is 12.5 Å². The van der Waals surface area contributed by atoms with Gasteiger partial charge in [0.05, 0.1) is 11.0 Å². The number of ether oxygens (including phenoxy) is 1. The molecule has 2 aromatic heterocycles. The Morgan fingerprint density at radius 1 is 1.10 bits per heavy atom. The average Bonchev–Trinajstić information content (AvgIpc) is 3.27. The minimum atomic E-state index is -0.626. The third-order valence-corrected chi connectivity index (χ3v) is 5.04. The number of halogens is 1. The van der Waals surface area contributed by atoms with Gasteiger partial charge >= 0.3 is 5.97 Å². The van der Waals surface area contributed by atoms with Crippen LogP contribution in [0.2, 0.25) is 0 Å². The van der Waals surface area contributed by atoms with Gasteiger partial charge in [-0.25, -0.2) is 9.18 Å². The maximum absolute atomic E-state index is 13.2. The number of hydrogen-bond donors (Lipinski definition) is 0. The Hall–Kier alpha value is -3.65. The first kappa shape index (κ1) is 18.7. The molecule has 4 rings (SSSR count). The Balaban J connectivity index is 1.60.